The Morgan fingerprint density at radius 2 is 1.90 bits per heavy atom. The Balaban J connectivity index is 1.84. The van der Waals surface area contributed by atoms with Crippen LogP contribution in [0.3, 0.4) is 0 Å². The van der Waals surface area contributed by atoms with E-state index >= 15 is 0 Å². The van der Waals surface area contributed by atoms with Crippen molar-refractivity contribution in [3.63, 3.8) is 0 Å². The summed E-state index contributed by atoms with van der Waals surface area (Å²) in [4.78, 5) is 19.1. The molecule has 1 amide bonds. The van der Waals surface area contributed by atoms with Gasteiger partial charge < -0.3 is 15.3 Å². The van der Waals surface area contributed by atoms with Crippen molar-refractivity contribution < 1.29 is 9.90 Å². The summed E-state index contributed by atoms with van der Waals surface area (Å²) in [6.45, 7) is 10.3. The highest BCUT2D eigenvalue weighted by atomic mass is 16.3. The smallest absolute Gasteiger partial charge is 0.239 e. The lowest BCUT2D eigenvalue weighted by molar-refractivity contribution is -0.137. The van der Waals surface area contributed by atoms with Crippen molar-refractivity contribution in [2.75, 3.05) is 65.5 Å². The molecule has 2 fully saturated rings. The molecule has 2 saturated heterocycles. The van der Waals surface area contributed by atoms with E-state index in [-0.39, 0.29) is 18.6 Å². The van der Waals surface area contributed by atoms with Gasteiger partial charge in [-0.1, -0.05) is 0 Å². The highest BCUT2D eigenvalue weighted by molar-refractivity contribution is 5.81. The van der Waals surface area contributed by atoms with E-state index in [9.17, 15) is 4.79 Å². The summed E-state index contributed by atoms with van der Waals surface area (Å²) in [6, 6.07) is -0.0258. The van der Waals surface area contributed by atoms with Gasteiger partial charge in [0.2, 0.25) is 5.91 Å². The molecule has 0 bridgehead atoms. The van der Waals surface area contributed by atoms with Crippen molar-refractivity contribution in [1.82, 2.24) is 20.0 Å². The Labute approximate surface area is 121 Å². The normalized spacial score (nSPS) is 24.4. The zero-order valence-electron chi connectivity index (χ0n) is 12.6. The van der Waals surface area contributed by atoms with Gasteiger partial charge in [0.05, 0.1) is 12.6 Å². The topological polar surface area (TPSA) is 59.1 Å². The molecule has 20 heavy (non-hydrogen) atoms. The summed E-state index contributed by atoms with van der Waals surface area (Å²) >= 11 is 0. The van der Waals surface area contributed by atoms with Gasteiger partial charge in [-0.3, -0.25) is 14.6 Å². The van der Waals surface area contributed by atoms with Crippen molar-refractivity contribution in [3.8, 4) is 0 Å². The first kappa shape index (κ1) is 15.7. The third-order valence-electron chi connectivity index (χ3n) is 4.37. The number of β-amino-alcohol motifs (C(OH)–C–C–N with tert-alkyl or cyclic N) is 1. The number of carbonyl (C=O) groups is 1. The van der Waals surface area contributed by atoms with Crippen LogP contribution in [0.4, 0.5) is 0 Å². The molecule has 0 spiro atoms. The summed E-state index contributed by atoms with van der Waals surface area (Å²) in [7, 11) is 0. The minimum Gasteiger partial charge on any atom is -0.395 e. The molecule has 2 aliphatic heterocycles. The van der Waals surface area contributed by atoms with Crippen LogP contribution < -0.4 is 5.32 Å². The number of carbonyl (C=O) groups excluding carboxylic acids is 1. The van der Waals surface area contributed by atoms with Crippen LogP contribution in [-0.2, 0) is 4.79 Å². The number of amides is 1. The number of aliphatic hydroxyl groups is 1. The first-order chi connectivity index (χ1) is 9.72. The molecular weight excluding hydrogens is 256 g/mol. The average Bonchev–Trinajstić information content (AvgIpc) is 2.73. The molecule has 0 aromatic heterocycles. The molecule has 2 rings (SSSR count). The number of nitrogens with one attached hydrogen (secondary N) is 1. The molecule has 0 aliphatic carbocycles. The number of piperazine rings is 1. The third-order valence-corrected chi connectivity index (χ3v) is 4.37. The maximum atomic E-state index is 12.5. The summed E-state index contributed by atoms with van der Waals surface area (Å²) in [5.41, 5.74) is 0. The molecule has 1 atom stereocenters. The van der Waals surface area contributed by atoms with E-state index < -0.39 is 0 Å². The number of nitrogens with zero attached hydrogens (tertiary/aromatic N) is 3. The van der Waals surface area contributed by atoms with Gasteiger partial charge in [-0.05, 0) is 19.9 Å². The molecule has 116 valence electrons. The highest BCUT2D eigenvalue weighted by Crippen LogP contribution is 2.10. The molecule has 0 aromatic rings. The van der Waals surface area contributed by atoms with E-state index in [2.05, 4.69) is 15.1 Å². The van der Waals surface area contributed by atoms with E-state index in [4.69, 9.17) is 5.11 Å². The number of aliphatic hydroxyl groups excluding tert-OH is 1. The van der Waals surface area contributed by atoms with Crippen LogP contribution in [0.25, 0.3) is 0 Å². The van der Waals surface area contributed by atoms with Crippen LogP contribution in [0.5, 0.6) is 0 Å². The largest absolute Gasteiger partial charge is 0.395 e. The first-order valence-corrected chi connectivity index (χ1v) is 7.79. The molecule has 0 saturated carbocycles. The lowest BCUT2D eigenvalue weighted by atomic mass is 10.2. The number of hydrogen-bond acceptors (Lipinski definition) is 5. The zero-order chi connectivity index (χ0) is 14.4. The quantitative estimate of drug-likeness (QED) is 0.680. The van der Waals surface area contributed by atoms with Gasteiger partial charge in [0.1, 0.15) is 0 Å². The molecule has 6 nitrogen and oxygen atoms in total. The Hall–Kier alpha value is -0.690. The van der Waals surface area contributed by atoms with E-state index in [0.29, 0.717) is 0 Å². The monoisotopic (exact) mass is 284 g/mol. The van der Waals surface area contributed by atoms with Crippen molar-refractivity contribution in [1.29, 1.82) is 0 Å². The lowest BCUT2D eigenvalue weighted by Crippen LogP contribution is -2.53. The van der Waals surface area contributed by atoms with Gasteiger partial charge in [-0.15, -0.1) is 0 Å². The first-order valence-electron chi connectivity index (χ1n) is 7.79. The maximum Gasteiger partial charge on any atom is 0.239 e. The minimum atomic E-state index is -0.0258. The highest BCUT2D eigenvalue weighted by Gasteiger charge is 2.28. The Morgan fingerprint density at radius 3 is 2.60 bits per heavy atom. The van der Waals surface area contributed by atoms with Crippen LogP contribution in [-0.4, -0.2) is 97.3 Å². The standard InChI is InChI=1S/C14H28N4O2/c1-13(14(20)18-7-3-15-4-8-18)17-6-2-5-16(9-10-17)11-12-19/h13,15,19H,2-12H2,1H3. The zero-order valence-corrected chi connectivity index (χ0v) is 12.6. The van der Waals surface area contributed by atoms with E-state index in [1.54, 1.807) is 0 Å². The second-order valence-electron chi connectivity index (χ2n) is 5.71. The Bertz CT molecular complexity index is 308. The predicted octanol–water partition coefficient (Wildman–Crippen LogP) is -1.19. The van der Waals surface area contributed by atoms with Gasteiger partial charge in [-0.25, -0.2) is 0 Å². The molecule has 2 aliphatic rings. The van der Waals surface area contributed by atoms with Crippen LogP contribution in [0, 0.1) is 0 Å². The van der Waals surface area contributed by atoms with Crippen LogP contribution in [0.2, 0.25) is 0 Å². The van der Waals surface area contributed by atoms with Crippen molar-refractivity contribution >= 4 is 5.91 Å². The van der Waals surface area contributed by atoms with E-state index in [1.807, 2.05) is 11.8 Å². The molecule has 2 heterocycles. The second-order valence-corrected chi connectivity index (χ2v) is 5.71. The lowest BCUT2D eigenvalue weighted by Gasteiger charge is -2.34. The van der Waals surface area contributed by atoms with Crippen molar-refractivity contribution in [2.45, 2.75) is 19.4 Å². The fraction of sp³-hybridized carbons (Fsp3) is 0.929. The Morgan fingerprint density at radius 1 is 1.15 bits per heavy atom. The van der Waals surface area contributed by atoms with E-state index in [1.165, 1.54) is 0 Å². The average molecular weight is 284 g/mol. The predicted molar refractivity (Wildman–Crippen MR) is 78.6 cm³/mol. The third kappa shape index (κ3) is 4.15. The fourth-order valence-corrected chi connectivity index (χ4v) is 3.05. The van der Waals surface area contributed by atoms with Gasteiger partial charge >= 0.3 is 0 Å². The van der Waals surface area contributed by atoms with Crippen LogP contribution in [0.1, 0.15) is 13.3 Å². The molecular formula is C14H28N4O2. The summed E-state index contributed by atoms with van der Waals surface area (Å²) in [5.74, 6) is 0.266. The SMILES string of the molecule is CC(C(=O)N1CCNCC1)N1CCCN(CCO)CC1. The van der Waals surface area contributed by atoms with Crippen LogP contribution >= 0.6 is 0 Å². The minimum absolute atomic E-state index is 0.0258. The van der Waals surface area contributed by atoms with Gasteiger partial charge in [0.25, 0.3) is 0 Å². The van der Waals surface area contributed by atoms with Gasteiger partial charge in [0, 0.05) is 52.4 Å². The van der Waals surface area contributed by atoms with Crippen molar-refractivity contribution in [2.24, 2.45) is 0 Å². The Kier molecular flexibility index (Phi) is 6.22. The van der Waals surface area contributed by atoms with Gasteiger partial charge in [0.15, 0.2) is 0 Å². The number of rotatable bonds is 4. The molecule has 0 radical (unpaired) electrons. The molecule has 1 unspecified atom stereocenters. The van der Waals surface area contributed by atoms with E-state index in [0.717, 1.165) is 65.3 Å². The van der Waals surface area contributed by atoms with Crippen molar-refractivity contribution in [3.05, 3.63) is 0 Å². The summed E-state index contributed by atoms with van der Waals surface area (Å²) in [6.07, 6.45) is 1.07. The van der Waals surface area contributed by atoms with Crippen LogP contribution in [0.15, 0.2) is 0 Å². The maximum absolute atomic E-state index is 12.5. The molecule has 6 heteroatoms. The molecule has 2 N–H and O–H groups in total. The van der Waals surface area contributed by atoms with Gasteiger partial charge in [-0.2, -0.15) is 0 Å². The summed E-state index contributed by atoms with van der Waals surface area (Å²) in [5, 5.41) is 12.3. The fourth-order valence-electron chi connectivity index (χ4n) is 3.05. The second kappa shape index (κ2) is 7.93. The molecule has 0 aromatic carbocycles. The number of hydrogen-bond donors (Lipinski definition) is 2. The summed E-state index contributed by atoms with van der Waals surface area (Å²) < 4.78 is 0.